The van der Waals surface area contributed by atoms with Crippen molar-refractivity contribution in [1.82, 2.24) is 14.8 Å². The summed E-state index contributed by atoms with van der Waals surface area (Å²) in [6, 6.07) is 27.5. The number of fused-ring (bicyclic) bond motifs is 5. The van der Waals surface area contributed by atoms with Crippen LogP contribution in [-0.4, -0.2) is 14.8 Å². The van der Waals surface area contributed by atoms with Crippen LogP contribution in [0.2, 0.25) is 0 Å². The van der Waals surface area contributed by atoms with Gasteiger partial charge in [0.15, 0.2) is 0 Å². The van der Waals surface area contributed by atoms with Crippen molar-refractivity contribution < 1.29 is 4.39 Å². The number of aromatic nitrogens is 3. The lowest BCUT2D eigenvalue weighted by molar-refractivity contribution is 0.515. The normalized spacial score (nSPS) is 15.0. The Bertz CT molecular complexity index is 1420. The van der Waals surface area contributed by atoms with Crippen LogP contribution in [0.5, 0.6) is 0 Å². The Morgan fingerprint density at radius 1 is 0.903 bits per heavy atom. The molecule has 0 fully saturated rings. The molecule has 0 saturated heterocycles. The zero-order valence-electron chi connectivity index (χ0n) is 17.1. The molecule has 150 valence electrons. The summed E-state index contributed by atoms with van der Waals surface area (Å²) in [6.07, 6.45) is 0.785. The summed E-state index contributed by atoms with van der Waals surface area (Å²) >= 11 is 0. The van der Waals surface area contributed by atoms with Gasteiger partial charge in [-0.05, 0) is 42.3 Å². The zero-order chi connectivity index (χ0) is 20.9. The Labute approximate surface area is 179 Å². The molecule has 3 nitrogen and oxygen atoms in total. The van der Waals surface area contributed by atoms with Gasteiger partial charge in [-0.2, -0.15) is 5.10 Å². The minimum Gasteiger partial charge on any atom is -0.256 e. The van der Waals surface area contributed by atoms with E-state index >= 15 is 0 Å². The fourth-order valence-electron chi connectivity index (χ4n) is 4.76. The third-order valence-corrected chi connectivity index (χ3v) is 6.19. The van der Waals surface area contributed by atoms with Gasteiger partial charge in [0, 0.05) is 28.6 Å². The van der Waals surface area contributed by atoms with Crippen molar-refractivity contribution in [3.8, 4) is 22.5 Å². The van der Waals surface area contributed by atoms with E-state index in [-0.39, 0.29) is 11.9 Å². The van der Waals surface area contributed by atoms with Crippen LogP contribution in [0.4, 0.5) is 4.39 Å². The lowest BCUT2D eigenvalue weighted by Gasteiger charge is -2.29. The van der Waals surface area contributed by atoms with Gasteiger partial charge >= 0.3 is 0 Å². The third-order valence-electron chi connectivity index (χ3n) is 6.19. The number of para-hydroxylation sites is 1. The Balaban J connectivity index is 1.64. The van der Waals surface area contributed by atoms with Crippen LogP contribution in [0.3, 0.4) is 0 Å². The molecular weight excluding hydrogens is 385 g/mol. The molecule has 6 rings (SSSR count). The minimum atomic E-state index is -0.226. The van der Waals surface area contributed by atoms with Gasteiger partial charge in [0.1, 0.15) is 5.82 Å². The van der Waals surface area contributed by atoms with E-state index in [9.17, 15) is 4.39 Å². The van der Waals surface area contributed by atoms with Gasteiger partial charge in [0.05, 0.1) is 22.9 Å². The Kier molecular flexibility index (Phi) is 4.00. The first kappa shape index (κ1) is 18.0. The molecule has 4 heteroatoms. The van der Waals surface area contributed by atoms with Gasteiger partial charge in [-0.3, -0.25) is 9.67 Å². The van der Waals surface area contributed by atoms with Crippen molar-refractivity contribution >= 4 is 10.9 Å². The van der Waals surface area contributed by atoms with Crippen molar-refractivity contribution in [2.45, 2.75) is 19.4 Å². The average molecular weight is 405 g/mol. The SMILES string of the molecule is Cc1nc2ccccc2c2c1-c1cc(-c3ccccc3)nn1C(c1ccc(F)cc1)C2. The fourth-order valence-corrected chi connectivity index (χ4v) is 4.76. The van der Waals surface area contributed by atoms with E-state index in [0.717, 1.165) is 45.7 Å². The third kappa shape index (κ3) is 2.87. The van der Waals surface area contributed by atoms with Crippen LogP contribution in [0.15, 0.2) is 84.9 Å². The standard InChI is InChI=1S/C27H20FN3/c1-17-27-22(21-9-5-6-10-23(21)29-17)15-25(19-11-13-20(28)14-12-19)31-26(27)16-24(30-31)18-7-3-2-4-8-18/h2-14,16,25H,15H2,1H3. The van der Waals surface area contributed by atoms with E-state index in [1.165, 1.54) is 23.1 Å². The van der Waals surface area contributed by atoms with Crippen LogP contribution in [0.1, 0.15) is 22.9 Å². The van der Waals surface area contributed by atoms with Gasteiger partial charge in [-0.1, -0.05) is 60.7 Å². The number of aryl methyl sites for hydroxylation is 1. The lowest BCUT2D eigenvalue weighted by atomic mass is 9.87. The van der Waals surface area contributed by atoms with E-state index in [4.69, 9.17) is 10.1 Å². The van der Waals surface area contributed by atoms with Gasteiger partial charge < -0.3 is 0 Å². The maximum Gasteiger partial charge on any atom is 0.123 e. The monoisotopic (exact) mass is 405 g/mol. The number of hydrogen-bond donors (Lipinski definition) is 0. The molecule has 0 saturated carbocycles. The number of pyridine rings is 1. The van der Waals surface area contributed by atoms with Crippen LogP contribution in [0, 0.1) is 12.7 Å². The molecule has 0 radical (unpaired) electrons. The van der Waals surface area contributed by atoms with Gasteiger partial charge in [-0.25, -0.2) is 4.39 Å². The van der Waals surface area contributed by atoms with Crippen LogP contribution in [0.25, 0.3) is 33.4 Å². The summed E-state index contributed by atoms with van der Waals surface area (Å²) in [5, 5.41) is 6.19. The first-order chi connectivity index (χ1) is 15.2. The molecule has 0 bridgehead atoms. The van der Waals surface area contributed by atoms with Gasteiger partial charge in [-0.15, -0.1) is 0 Å². The van der Waals surface area contributed by atoms with E-state index in [0.29, 0.717) is 0 Å². The Morgan fingerprint density at radius 3 is 2.45 bits per heavy atom. The number of nitrogens with zero attached hydrogens (tertiary/aromatic N) is 3. The van der Waals surface area contributed by atoms with Crippen LogP contribution < -0.4 is 0 Å². The average Bonchev–Trinajstić information content (AvgIpc) is 3.25. The summed E-state index contributed by atoms with van der Waals surface area (Å²) in [5.74, 6) is -0.226. The van der Waals surface area contributed by atoms with Gasteiger partial charge in [0.2, 0.25) is 0 Å². The molecule has 3 aromatic carbocycles. The maximum atomic E-state index is 13.6. The first-order valence-corrected chi connectivity index (χ1v) is 10.5. The lowest BCUT2D eigenvalue weighted by Crippen LogP contribution is -2.22. The number of halogens is 1. The highest BCUT2D eigenvalue weighted by Gasteiger charge is 2.30. The zero-order valence-corrected chi connectivity index (χ0v) is 17.1. The molecule has 3 heterocycles. The number of rotatable bonds is 2. The summed E-state index contributed by atoms with van der Waals surface area (Å²) in [4.78, 5) is 4.89. The summed E-state index contributed by atoms with van der Waals surface area (Å²) in [5.41, 5.74) is 8.58. The molecule has 0 N–H and O–H groups in total. The molecule has 1 aliphatic rings. The number of benzene rings is 3. The Hall–Kier alpha value is -3.79. The second kappa shape index (κ2) is 6.88. The molecule has 1 atom stereocenters. The first-order valence-electron chi connectivity index (χ1n) is 10.5. The van der Waals surface area contributed by atoms with Crippen molar-refractivity contribution in [3.63, 3.8) is 0 Å². The van der Waals surface area contributed by atoms with E-state index < -0.39 is 0 Å². The molecule has 5 aromatic rings. The molecule has 0 spiro atoms. The highest BCUT2D eigenvalue weighted by Crippen LogP contribution is 2.43. The molecule has 31 heavy (non-hydrogen) atoms. The van der Waals surface area contributed by atoms with E-state index in [1.807, 2.05) is 36.4 Å². The predicted octanol–water partition coefficient (Wildman–Crippen LogP) is 6.36. The summed E-state index contributed by atoms with van der Waals surface area (Å²) in [7, 11) is 0. The Morgan fingerprint density at radius 2 is 1.65 bits per heavy atom. The molecule has 1 aliphatic heterocycles. The predicted molar refractivity (Wildman–Crippen MR) is 121 cm³/mol. The van der Waals surface area contributed by atoms with Crippen LogP contribution >= 0.6 is 0 Å². The molecule has 2 aromatic heterocycles. The van der Waals surface area contributed by atoms with Crippen molar-refractivity contribution in [2.24, 2.45) is 0 Å². The second-order valence-corrected chi connectivity index (χ2v) is 8.06. The molecule has 0 aliphatic carbocycles. The fraction of sp³-hybridized carbons (Fsp3) is 0.111. The molecule has 1 unspecified atom stereocenters. The quantitative estimate of drug-likeness (QED) is 0.342. The van der Waals surface area contributed by atoms with Crippen molar-refractivity contribution in [2.75, 3.05) is 0 Å². The highest BCUT2D eigenvalue weighted by atomic mass is 19.1. The largest absolute Gasteiger partial charge is 0.256 e. The highest BCUT2D eigenvalue weighted by molar-refractivity contribution is 5.90. The minimum absolute atomic E-state index is 0.00855. The summed E-state index contributed by atoms with van der Waals surface area (Å²) < 4.78 is 15.7. The van der Waals surface area contributed by atoms with Crippen LogP contribution in [-0.2, 0) is 6.42 Å². The smallest absolute Gasteiger partial charge is 0.123 e. The van der Waals surface area contributed by atoms with E-state index in [2.05, 4.69) is 48.0 Å². The van der Waals surface area contributed by atoms with E-state index in [1.54, 1.807) is 0 Å². The summed E-state index contributed by atoms with van der Waals surface area (Å²) in [6.45, 7) is 2.07. The van der Waals surface area contributed by atoms with Crippen molar-refractivity contribution in [1.29, 1.82) is 0 Å². The number of hydrogen-bond acceptors (Lipinski definition) is 2. The van der Waals surface area contributed by atoms with Gasteiger partial charge in [0.25, 0.3) is 0 Å². The second-order valence-electron chi connectivity index (χ2n) is 8.06. The van der Waals surface area contributed by atoms with Crippen molar-refractivity contribution in [3.05, 3.63) is 108 Å². The topological polar surface area (TPSA) is 30.7 Å². The maximum absolute atomic E-state index is 13.6. The molecular formula is C27H20FN3. The molecule has 0 amide bonds.